The van der Waals surface area contributed by atoms with Crippen molar-refractivity contribution in [2.24, 2.45) is 5.92 Å². The molecule has 8 heavy (non-hydrogen) atoms. The van der Waals surface area contributed by atoms with E-state index in [2.05, 4.69) is 38.8 Å². The van der Waals surface area contributed by atoms with Crippen molar-refractivity contribution < 1.29 is 0 Å². The normalized spacial score (nSPS) is 32.6. The van der Waals surface area contributed by atoms with Gasteiger partial charge in [-0.05, 0) is 18.8 Å². The lowest BCUT2D eigenvalue weighted by Gasteiger charge is -1.94. The molecule has 1 radical (unpaired) electrons. The molecule has 0 saturated heterocycles. The first-order valence-electron chi connectivity index (χ1n) is 2.84. The van der Waals surface area contributed by atoms with Crippen molar-refractivity contribution in [1.82, 2.24) is 0 Å². The maximum atomic E-state index is 3.79. The number of alkyl halides is 2. The third-order valence-electron chi connectivity index (χ3n) is 1.51. The zero-order valence-electron chi connectivity index (χ0n) is 4.66. The molecule has 1 aliphatic rings. The van der Waals surface area contributed by atoms with Crippen molar-refractivity contribution in [3.63, 3.8) is 0 Å². The molecule has 0 aromatic heterocycles. The Balaban J connectivity index is 2.17. The Bertz CT molecular complexity index is 88.5. The van der Waals surface area contributed by atoms with E-state index < -0.39 is 0 Å². The van der Waals surface area contributed by atoms with Gasteiger partial charge in [-0.25, -0.2) is 0 Å². The van der Waals surface area contributed by atoms with Crippen molar-refractivity contribution in [1.29, 1.82) is 0 Å². The van der Waals surface area contributed by atoms with E-state index in [1.54, 1.807) is 0 Å². The highest BCUT2D eigenvalue weighted by molar-refractivity contribution is 9.25. The zero-order valence-corrected chi connectivity index (χ0v) is 7.83. The summed E-state index contributed by atoms with van der Waals surface area (Å²) < 4.78 is 0.303. The Labute approximate surface area is 67.3 Å². The Morgan fingerprint density at radius 3 is 2.25 bits per heavy atom. The van der Waals surface area contributed by atoms with Gasteiger partial charge in [-0.1, -0.05) is 45.2 Å². The van der Waals surface area contributed by atoms with Crippen molar-refractivity contribution in [3.05, 3.63) is 6.92 Å². The molecule has 1 saturated carbocycles. The summed E-state index contributed by atoms with van der Waals surface area (Å²) in [5, 5.41) is 0. The van der Waals surface area contributed by atoms with Crippen molar-refractivity contribution in [3.8, 4) is 0 Å². The van der Waals surface area contributed by atoms with Crippen LogP contribution >= 0.6 is 31.9 Å². The molecule has 1 fully saturated rings. The fourth-order valence-electron chi connectivity index (χ4n) is 0.829. The monoisotopic (exact) mass is 239 g/mol. The summed E-state index contributed by atoms with van der Waals surface area (Å²) in [6, 6.07) is 0. The molecule has 2 heteroatoms. The third kappa shape index (κ3) is 1.47. The lowest BCUT2D eigenvalue weighted by atomic mass is 10.2. The van der Waals surface area contributed by atoms with Gasteiger partial charge in [0.25, 0.3) is 0 Å². The van der Waals surface area contributed by atoms with Crippen LogP contribution in [0.25, 0.3) is 0 Å². The third-order valence-corrected chi connectivity index (χ3v) is 3.45. The minimum Gasteiger partial charge on any atom is -0.0724 e. The van der Waals surface area contributed by atoms with E-state index in [0.29, 0.717) is 3.23 Å². The van der Waals surface area contributed by atoms with Crippen molar-refractivity contribution >= 4 is 31.9 Å². The van der Waals surface area contributed by atoms with E-state index in [1.807, 2.05) is 0 Å². The first-order valence-corrected chi connectivity index (χ1v) is 4.42. The molecule has 1 rings (SSSR count). The average Bonchev–Trinajstić information content (AvgIpc) is 2.15. The molecule has 0 aliphatic heterocycles. The molecule has 0 heterocycles. The van der Waals surface area contributed by atoms with Crippen molar-refractivity contribution in [2.45, 2.75) is 22.5 Å². The van der Waals surface area contributed by atoms with E-state index in [4.69, 9.17) is 0 Å². The van der Waals surface area contributed by atoms with Gasteiger partial charge in [0, 0.05) is 0 Å². The molecule has 1 unspecified atom stereocenters. The van der Waals surface area contributed by atoms with Crippen LogP contribution in [0.15, 0.2) is 0 Å². The van der Waals surface area contributed by atoms with Gasteiger partial charge >= 0.3 is 0 Å². The number of hydrogen-bond donors (Lipinski definition) is 0. The van der Waals surface area contributed by atoms with Crippen LogP contribution in [0.2, 0.25) is 0 Å². The maximum absolute atomic E-state index is 3.79. The van der Waals surface area contributed by atoms with E-state index in [9.17, 15) is 0 Å². The molecule has 0 bridgehead atoms. The van der Waals surface area contributed by atoms with Gasteiger partial charge < -0.3 is 0 Å². The van der Waals surface area contributed by atoms with Gasteiger partial charge in [-0.2, -0.15) is 0 Å². The van der Waals surface area contributed by atoms with Gasteiger partial charge in [-0.15, -0.1) is 0 Å². The summed E-state index contributed by atoms with van der Waals surface area (Å²) in [4.78, 5) is 0. The first kappa shape index (κ1) is 7.07. The number of hydrogen-bond acceptors (Lipinski definition) is 0. The molecule has 0 nitrogen and oxygen atoms in total. The van der Waals surface area contributed by atoms with Gasteiger partial charge in [0.2, 0.25) is 0 Å². The SMILES string of the molecule is [CH2]CCC1CC1(Br)Br. The van der Waals surface area contributed by atoms with E-state index >= 15 is 0 Å². The molecule has 0 amide bonds. The van der Waals surface area contributed by atoms with E-state index in [-0.39, 0.29) is 0 Å². The van der Waals surface area contributed by atoms with Crippen LogP contribution in [0.5, 0.6) is 0 Å². The van der Waals surface area contributed by atoms with E-state index in [1.165, 1.54) is 12.8 Å². The second-order valence-electron chi connectivity index (χ2n) is 2.30. The highest BCUT2D eigenvalue weighted by Crippen LogP contribution is 2.58. The largest absolute Gasteiger partial charge is 0.0837 e. The summed E-state index contributed by atoms with van der Waals surface area (Å²) in [6.45, 7) is 3.79. The summed E-state index contributed by atoms with van der Waals surface area (Å²) in [5.41, 5.74) is 0. The number of halogens is 2. The molecule has 0 spiro atoms. The predicted octanol–water partition coefficient (Wildman–Crippen LogP) is 3.11. The minimum atomic E-state index is 0.303. The van der Waals surface area contributed by atoms with Gasteiger partial charge in [0.1, 0.15) is 0 Å². The van der Waals surface area contributed by atoms with E-state index in [0.717, 1.165) is 12.3 Å². The van der Waals surface area contributed by atoms with Crippen LogP contribution in [-0.4, -0.2) is 3.23 Å². The Hall–Kier alpha value is 0.960. The molecule has 1 atom stereocenters. The molecule has 0 N–H and O–H groups in total. The van der Waals surface area contributed by atoms with Crippen molar-refractivity contribution in [2.75, 3.05) is 0 Å². The highest BCUT2D eigenvalue weighted by Gasteiger charge is 2.48. The Morgan fingerprint density at radius 1 is 1.62 bits per heavy atom. The lowest BCUT2D eigenvalue weighted by molar-refractivity contribution is 0.739. The van der Waals surface area contributed by atoms with Crippen LogP contribution < -0.4 is 0 Å². The molecule has 0 aromatic rings. The lowest BCUT2D eigenvalue weighted by Crippen LogP contribution is -1.86. The maximum Gasteiger partial charge on any atom is 0.0837 e. The van der Waals surface area contributed by atoms with Crippen LogP contribution in [0.3, 0.4) is 0 Å². The van der Waals surface area contributed by atoms with Crippen LogP contribution in [-0.2, 0) is 0 Å². The molecule has 47 valence electrons. The van der Waals surface area contributed by atoms with Gasteiger partial charge in [0.15, 0.2) is 0 Å². The quantitative estimate of drug-likeness (QED) is 0.651. The molecule has 1 aliphatic carbocycles. The molecule has 0 aromatic carbocycles. The molecular formula is C6H9Br2. The first-order chi connectivity index (χ1) is 3.67. The standard InChI is InChI=1S/C6H9Br2/c1-2-3-5-4-6(5,7)8/h5H,1-4H2. The fraction of sp³-hybridized carbons (Fsp3) is 0.833. The fourth-order valence-corrected chi connectivity index (χ4v) is 2.07. The predicted molar refractivity (Wildman–Crippen MR) is 43.3 cm³/mol. The van der Waals surface area contributed by atoms with Crippen LogP contribution in [0.4, 0.5) is 0 Å². The van der Waals surface area contributed by atoms with Gasteiger partial charge in [-0.3, -0.25) is 0 Å². The highest BCUT2D eigenvalue weighted by atomic mass is 79.9. The topological polar surface area (TPSA) is 0 Å². The zero-order chi connectivity index (χ0) is 6.20. The second-order valence-corrected chi connectivity index (χ2v) is 6.20. The van der Waals surface area contributed by atoms with Crippen LogP contribution in [0, 0.1) is 12.8 Å². The summed E-state index contributed by atoms with van der Waals surface area (Å²) in [7, 11) is 0. The summed E-state index contributed by atoms with van der Waals surface area (Å²) in [6.07, 6.45) is 3.57. The summed E-state index contributed by atoms with van der Waals surface area (Å²) >= 11 is 7.08. The smallest absolute Gasteiger partial charge is 0.0724 e. The number of rotatable bonds is 2. The Kier molecular flexibility index (Phi) is 2.03. The van der Waals surface area contributed by atoms with Gasteiger partial charge in [0.05, 0.1) is 3.23 Å². The van der Waals surface area contributed by atoms with Crippen LogP contribution in [0.1, 0.15) is 19.3 Å². The Morgan fingerprint density at radius 2 is 2.12 bits per heavy atom. The average molecular weight is 241 g/mol. The summed E-state index contributed by atoms with van der Waals surface area (Å²) in [5.74, 6) is 0.833. The molecular weight excluding hydrogens is 232 g/mol. The second kappa shape index (κ2) is 2.30. The minimum absolute atomic E-state index is 0.303.